The number of aliphatic hydroxyl groups is 1. The molecular weight excluding hydrogens is 576 g/mol. The molecule has 282 valence electrons. The fourth-order valence-corrected chi connectivity index (χ4v) is 7.12. The maximum atomic E-state index is 13.1. The number of esters is 1. The molecule has 0 spiro atoms. The minimum absolute atomic E-state index is 0.109. The summed E-state index contributed by atoms with van der Waals surface area (Å²) < 4.78 is 5.86. The van der Waals surface area contributed by atoms with E-state index in [0.717, 1.165) is 25.7 Å². The number of ether oxygens (including phenoxy) is 1. The molecule has 3 heteroatoms. The third kappa shape index (κ3) is 38.1. The van der Waals surface area contributed by atoms with Crippen molar-refractivity contribution in [3.05, 3.63) is 0 Å². The van der Waals surface area contributed by atoms with Crippen molar-refractivity contribution < 1.29 is 14.6 Å². The first kappa shape index (κ1) is 46.4. The van der Waals surface area contributed by atoms with E-state index in [4.69, 9.17) is 9.84 Å². The van der Waals surface area contributed by atoms with E-state index in [9.17, 15) is 4.79 Å². The summed E-state index contributed by atoms with van der Waals surface area (Å²) >= 11 is 0. The Morgan fingerprint density at radius 3 is 0.936 bits per heavy atom. The average Bonchev–Trinajstić information content (AvgIpc) is 3.08. The average molecular weight is 665 g/mol. The molecule has 1 unspecified atom stereocenters. The Labute approximate surface area is 297 Å². The van der Waals surface area contributed by atoms with Gasteiger partial charge in [-0.3, -0.25) is 4.79 Å². The summed E-state index contributed by atoms with van der Waals surface area (Å²) in [6.07, 6.45) is 49.9. The maximum absolute atomic E-state index is 13.1. The highest BCUT2D eigenvalue weighted by Gasteiger charge is 2.19. The number of aliphatic hydroxyl groups excluding tert-OH is 1. The van der Waals surface area contributed by atoms with Crippen molar-refractivity contribution in [2.45, 2.75) is 258 Å². The molecule has 0 saturated carbocycles. The molecule has 0 aromatic carbocycles. The Hall–Kier alpha value is -0.570. The van der Waals surface area contributed by atoms with Crippen LogP contribution < -0.4 is 0 Å². The predicted molar refractivity (Wildman–Crippen MR) is 208 cm³/mol. The highest BCUT2D eigenvalue weighted by atomic mass is 16.5. The molecule has 0 bridgehead atoms. The summed E-state index contributed by atoms with van der Waals surface area (Å²) in [5.74, 6) is 0.238. The van der Waals surface area contributed by atoms with E-state index >= 15 is 0 Å². The summed E-state index contributed by atoms with van der Waals surface area (Å²) in [6, 6.07) is 0. The quantitative estimate of drug-likeness (QED) is 0.0522. The van der Waals surface area contributed by atoms with Gasteiger partial charge in [-0.15, -0.1) is 0 Å². The van der Waals surface area contributed by atoms with Crippen LogP contribution in [-0.2, 0) is 9.53 Å². The molecule has 0 aliphatic rings. The van der Waals surface area contributed by atoms with Crippen LogP contribution in [0.2, 0.25) is 0 Å². The van der Waals surface area contributed by atoms with E-state index in [0.29, 0.717) is 13.2 Å². The van der Waals surface area contributed by atoms with Crippen LogP contribution in [-0.4, -0.2) is 24.3 Å². The van der Waals surface area contributed by atoms with Gasteiger partial charge < -0.3 is 9.84 Å². The molecular formula is C44H88O3. The topological polar surface area (TPSA) is 46.5 Å². The minimum Gasteiger partial charge on any atom is -0.465 e. The highest BCUT2D eigenvalue weighted by molar-refractivity contribution is 5.72. The van der Waals surface area contributed by atoms with Crippen molar-refractivity contribution >= 4 is 5.97 Å². The van der Waals surface area contributed by atoms with Gasteiger partial charge in [0.05, 0.1) is 12.5 Å². The van der Waals surface area contributed by atoms with Crippen molar-refractivity contribution in [2.75, 3.05) is 13.2 Å². The largest absolute Gasteiger partial charge is 0.465 e. The molecule has 0 saturated heterocycles. The molecule has 0 amide bonds. The lowest BCUT2D eigenvalue weighted by atomic mass is 9.94. The molecule has 0 heterocycles. The molecule has 0 radical (unpaired) electrons. The van der Waals surface area contributed by atoms with Crippen molar-refractivity contribution in [3.63, 3.8) is 0 Å². The summed E-state index contributed by atoms with van der Waals surface area (Å²) in [6.45, 7) is 5.56. The number of unbranched alkanes of at least 4 members (excludes halogenated alkanes) is 33. The van der Waals surface area contributed by atoms with Gasteiger partial charge in [-0.25, -0.2) is 0 Å². The van der Waals surface area contributed by atoms with Crippen molar-refractivity contribution in [3.8, 4) is 0 Å². The van der Waals surface area contributed by atoms with Crippen LogP contribution in [0.3, 0.4) is 0 Å². The molecule has 1 N–H and O–H groups in total. The minimum atomic E-state index is 0.109. The van der Waals surface area contributed by atoms with E-state index < -0.39 is 0 Å². The second-order valence-electron chi connectivity index (χ2n) is 15.2. The molecule has 0 aromatic rings. The van der Waals surface area contributed by atoms with Crippen LogP contribution in [0.1, 0.15) is 258 Å². The lowest BCUT2D eigenvalue weighted by Crippen LogP contribution is -2.18. The first-order chi connectivity index (χ1) is 23.3. The summed E-state index contributed by atoms with van der Waals surface area (Å²) in [7, 11) is 0. The SMILES string of the molecule is CCCCCCCCCCCCCOC(=O)C(CCCCCCCCCCCCC)CCCCCCCCCCCCCCCCO. The van der Waals surface area contributed by atoms with Crippen LogP contribution >= 0.6 is 0 Å². The maximum Gasteiger partial charge on any atom is 0.308 e. The van der Waals surface area contributed by atoms with E-state index in [2.05, 4.69) is 13.8 Å². The number of carbonyl (C=O) groups excluding carboxylic acids is 1. The van der Waals surface area contributed by atoms with Gasteiger partial charge in [0.2, 0.25) is 0 Å². The first-order valence-corrected chi connectivity index (χ1v) is 22.0. The Bertz CT molecular complexity index is 576. The van der Waals surface area contributed by atoms with E-state index in [1.807, 2.05) is 0 Å². The predicted octanol–water partition coefficient (Wildman–Crippen LogP) is 15.0. The van der Waals surface area contributed by atoms with Gasteiger partial charge in [-0.2, -0.15) is 0 Å². The number of rotatable bonds is 41. The Kier molecular flexibility index (Phi) is 41.1. The van der Waals surface area contributed by atoms with Gasteiger partial charge in [0.1, 0.15) is 0 Å². The lowest BCUT2D eigenvalue weighted by Gasteiger charge is -2.16. The third-order valence-corrected chi connectivity index (χ3v) is 10.4. The molecule has 1 atom stereocenters. The molecule has 3 nitrogen and oxygen atoms in total. The van der Waals surface area contributed by atoms with Crippen LogP contribution in [0.5, 0.6) is 0 Å². The molecule has 0 rings (SSSR count). The molecule has 0 aromatic heterocycles. The number of hydrogen-bond donors (Lipinski definition) is 1. The van der Waals surface area contributed by atoms with Gasteiger partial charge in [-0.05, 0) is 25.7 Å². The number of hydrogen-bond acceptors (Lipinski definition) is 3. The van der Waals surface area contributed by atoms with Crippen LogP contribution in [0.15, 0.2) is 0 Å². The van der Waals surface area contributed by atoms with E-state index in [1.54, 1.807) is 0 Å². The smallest absolute Gasteiger partial charge is 0.308 e. The Balaban J connectivity index is 4.04. The van der Waals surface area contributed by atoms with Gasteiger partial charge >= 0.3 is 5.97 Å². The van der Waals surface area contributed by atoms with Crippen LogP contribution in [0.4, 0.5) is 0 Å². The molecule has 0 fully saturated rings. The fourth-order valence-electron chi connectivity index (χ4n) is 7.12. The zero-order valence-electron chi connectivity index (χ0n) is 32.6. The molecule has 0 aliphatic heterocycles. The summed E-state index contributed by atoms with van der Waals surface area (Å²) in [5, 5.41) is 8.86. The first-order valence-electron chi connectivity index (χ1n) is 22.0. The fraction of sp³-hybridized carbons (Fsp3) is 0.977. The second kappa shape index (κ2) is 41.6. The summed E-state index contributed by atoms with van der Waals surface area (Å²) in [4.78, 5) is 13.1. The molecule has 47 heavy (non-hydrogen) atoms. The van der Waals surface area contributed by atoms with Gasteiger partial charge in [0, 0.05) is 6.61 Å². The Morgan fingerprint density at radius 2 is 0.638 bits per heavy atom. The van der Waals surface area contributed by atoms with Crippen LogP contribution in [0.25, 0.3) is 0 Å². The van der Waals surface area contributed by atoms with Gasteiger partial charge in [0.25, 0.3) is 0 Å². The normalized spacial score (nSPS) is 12.1. The standard InChI is InChI=1S/C44H88O3/c1-3-5-7-9-11-13-19-23-27-31-35-39-43(44(46)47-42-38-34-30-26-22-14-12-10-8-6-4-2)40-36-32-28-24-20-17-15-16-18-21-25-29-33-37-41-45/h43,45H,3-42H2,1-2H3. The molecule has 0 aliphatic carbocycles. The van der Waals surface area contributed by atoms with E-state index in [-0.39, 0.29) is 11.9 Å². The van der Waals surface area contributed by atoms with Crippen molar-refractivity contribution in [1.82, 2.24) is 0 Å². The van der Waals surface area contributed by atoms with Crippen LogP contribution in [0, 0.1) is 5.92 Å². The van der Waals surface area contributed by atoms with Gasteiger partial charge in [-0.1, -0.05) is 232 Å². The monoisotopic (exact) mass is 665 g/mol. The highest BCUT2D eigenvalue weighted by Crippen LogP contribution is 2.22. The van der Waals surface area contributed by atoms with Gasteiger partial charge in [0.15, 0.2) is 0 Å². The zero-order chi connectivity index (χ0) is 34.1. The van der Waals surface area contributed by atoms with Crippen molar-refractivity contribution in [1.29, 1.82) is 0 Å². The van der Waals surface area contributed by atoms with Crippen molar-refractivity contribution in [2.24, 2.45) is 5.92 Å². The summed E-state index contributed by atoms with van der Waals surface area (Å²) in [5.41, 5.74) is 0. The Morgan fingerprint density at radius 1 is 0.383 bits per heavy atom. The van der Waals surface area contributed by atoms with E-state index in [1.165, 1.54) is 218 Å². The second-order valence-corrected chi connectivity index (χ2v) is 15.2. The lowest BCUT2D eigenvalue weighted by molar-refractivity contribution is -0.149. The zero-order valence-corrected chi connectivity index (χ0v) is 32.6. The number of carbonyl (C=O) groups is 1. The third-order valence-electron chi connectivity index (χ3n) is 10.4.